The van der Waals surface area contributed by atoms with Crippen molar-refractivity contribution in [3.8, 4) is 0 Å². The molecule has 0 aromatic rings. The Hall–Kier alpha value is 0.390. The SMILES string of the molecule is Br.CS(=O)(=O)CCN. The molecule has 0 amide bonds. The predicted molar refractivity (Wildman–Crippen MR) is 39.1 cm³/mol. The smallest absolute Gasteiger partial charge is 0.148 e. The van der Waals surface area contributed by atoms with Crippen LogP contribution in [0.4, 0.5) is 0 Å². The Balaban J connectivity index is 0. The molecule has 0 heterocycles. The highest BCUT2D eigenvalue weighted by atomic mass is 79.9. The van der Waals surface area contributed by atoms with E-state index in [1.807, 2.05) is 0 Å². The number of rotatable bonds is 2. The van der Waals surface area contributed by atoms with E-state index in [1.54, 1.807) is 0 Å². The molecule has 0 fully saturated rings. The fraction of sp³-hybridized carbons (Fsp3) is 1.00. The second kappa shape index (κ2) is 4.29. The summed E-state index contributed by atoms with van der Waals surface area (Å²) in [5, 5.41) is 0. The van der Waals surface area contributed by atoms with E-state index < -0.39 is 9.84 Å². The zero-order chi connectivity index (χ0) is 5.91. The van der Waals surface area contributed by atoms with Crippen molar-refractivity contribution in [2.45, 2.75) is 0 Å². The summed E-state index contributed by atoms with van der Waals surface area (Å²) in [6, 6.07) is 0. The first-order valence-electron chi connectivity index (χ1n) is 1.94. The topological polar surface area (TPSA) is 60.2 Å². The van der Waals surface area contributed by atoms with Crippen molar-refractivity contribution < 1.29 is 8.42 Å². The predicted octanol–water partition coefficient (Wildman–Crippen LogP) is -0.432. The molecule has 0 saturated heterocycles. The first kappa shape index (κ1) is 11.2. The molecule has 0 aromatic heterocycles. The zero-order valence-electron chi connectivity index (χ0n) is 4.62. The Kier molecular flexibility index (Phi) is 6.01. The molecule has 5 heteroatoms. The summed E-state index contributed by atoms with van der Waals surface area (Å²) in [6.07, 6.45) is 1.17. The number of halogens is 1. The molecule has 0 saturated carbocycles. The van der Waals surface area contributed by atoms with Crippen LogP contribution in [0, 0.1) is 0 Å². The van der Waals surface area contributed by atoms with Crippen molar-refractivity contribution in [3.05, 3.63) is 0 Å². The van der Waals surface area contributed by atoms with Gasteiger partial charge in [-0.25, -0.2) is 8.42 Å². The van der Waals surface area contributed by atoms with Gasteiger partial charge in [0.15, 0.2) is 0 Å². The maximum Gasteiger partial charge on any atom is 0.148 e. The summed E-state index contributed by atoms with van der Waals surface area (Å²) in [5.74, 6) is 0.0903. The van der Waals surface area contributed by atoms with Crippen LogP contribution in [0.1, 0.15) is 0 Å². The van der Waals surface area contributed by atoms with Gasteiger partial charge in [0.2, 0.25) is 0 Å². The fourth-order valence-electron chi connectivity index (χ4n) is 0.214. The Bertz CT molecular complexity index is 130. The standard InChI is InChI=1S/C3H9NO2S.BrH/c1-7(5,6)3-2-4;/h2-4H2,1H3;1H. The summed E-state index contributed by atoms with van der Waals surface area (Å²) in [7, 11) is -2.80. The Labute approximate surface area is 59.9 Å². The van der Waals surface area contributed by atoms with Gasteiger partial charge in [-0.05, 0) is 0 Å². The van der Waals surface area contributed by atoms with E-state index in [9.17, 15) is 8.42 Å². The number of sulfone groups is 1. The van der Waals surface area contributed by atoms with Gasteiger partial charge < -0.3 is 5.73 Å². The molecule has 0 aliphatic rings. The highest BCUT2D eigenvalue weighted by molar-refractivity contribution is 8.93. The van der Waals surface area contributed by atoms with Gasteiger partial charge in [0.1, 0.15) is 9.84 Å². The third-order valence-electron chi connectivity index (χ3n) is 0.489. The summed E-state index contributed by atoms with van der Waals surface area (Å²) in [5.41, 5.74) is 4.94. The third-order valence-corrected chi connectivity index (χ3v) is 1.47. The molecule has 0 unspecified atom stereocenters. The monoisotopic (exact) mass is 203 g/mol. The lowest BCUT2D eigenvalue weighted by molar-refractivity contribution is 0.601. The number of hydrogen-bond donors (Lipinski definition) is 1. The zero-order valence-corrected chi connectivity index (χ0v) is 7.15. The van der Waals surface area contributed by atoms with E-state index in [4.69, 9.17) is 5.73 Å². The minimum atomic E-state index is -2.80. The lowest BCUT2D eigenvalue weighted by atomic mass is 10.8. The molecule has 0 aliphatic heterocycles. The van der Waals surface area contributed by atoms with E-state index in [2.05, 4.69) is 0 Å². The lowest BCUT2D eigenvalue weighted by Gasteiger charge is -1.87. The minimum Gasteiger partial charge on any atom is -0.329 e. The summed E-state index contributed by atoms with van der Waals surface area (Å²) in [6.45, 7) is 0.221. The molecule has 2 N–H and O–H groups in total. The highest BCUT2D eigenvalue weighted by Gasteiger charge is 1.95. The lowest BCUT2D eigenvalue weighted by Crippen LogP contribution is -2.13. The van der Waals surface area contributed by atoms with Crippen molar-refractivity contribution in [3.63, 3.8) is 0 Å². The normalized spacial score (nSPS) is 10.2. The van der Waals surface area contributed by atoms with Crippen molar-refractivity contribution in [2.24, 2.45) is 5.73 Å². The second-order valence-electron chi connectivity index (χ2n) is 1.42. The average molecular weight is 204 g/mol. The van der Waals surface area contributed by atoms with Crippen molar-refractivity contribution in [1.82, 2.24) is 0 Å². The summed E-state index contributed by atoms with van der Waals surface area (Å²) in [4.78, 5) is 0. The highest BCUT2D eigenvalue weighted by Crippen LogP contribution is 1.75. The van der Waals surface area contributed by atoms with Crippen LogP contribution in [0.2, 0.25) is 0 Å². The van der Waals surface area contributed by atoms with Gasteiger partial charge in [-0.3, -0.25) is 0 Å². The van der Waals surface area contributed by atoms with E-state index in [0.29, 0.717) is 0 Å². The van der Waals surface area contributed by atoms with Crippen LogP contribution in [0.3, 0.4) is 0 Å². The van der Waals surface area contributed by atoms with Crippen molar-refractivity contribution in [1.29, 1.82) is 0 Å². The molecular formula is C3H10BrNO2S. The molecule has 0 atom stereocenters. The van der Waals surface area contributed by atoms with Crippen LogP contribution in [-0.4, -0.2) is 27.0 Å². The summed E-state index contributed by atoms with van der Waals surface area (Å²) >= 11 is 0. The van der Waals surface area contributed by atoms with Gasteiger partial charge in [-0.1, -0.05) is 0 Å². The molecule has 0 aromatic carbocycles. The minimum absolute atomic E-state index is 0. The van der Waals surface area contributed by atoms with Crippen LogP contribution in [0.25, 0.3) is 0 Å². The number of hydrogen-bond acceptors (Lipinski definition) is 3. The van der Waals surface area contributed by atoms with Gasteiger partial charge >= 0.3 is 0 Å². The Morgan fingerprint density at radius 1 is 1.50 bits per heavy atom. The Morgan fingerprint density at radius 2 is 1.88 bits per heavy atom. The molecule has 0 aliphatic carbocycles. The van der Waals surface area contributed by atoms with Crippen LogP contribution in [0.5, 0.6) is 0 Å². The molecule has 3 nitrogen and oxygen atoms in total. The van der Waals surface area contributed by atoms with E-state index in [1.165, 1.54) is 6.26 Å². The molecule has 52 valence electrons. The van der Waals surface area contributed by atoms with Crippen LogP contribution < -0.4 is 5.73 Å². The maximum absolute atomic E-state index is 10.2. The van der Waals surface area contributed by atoms with E-state index in [0.717, 1.165) is 0 Å². The third kappa shape index (κ3) is 9.63. The van der Waals surface area contributed by atoms with Crippen molar-refractivity contribution >= 4 is 26.8 Å². The molecular weight excluding hydrogens is 194 g/mol. The van der Waals surface area contributed by atoms with E-state index in [-0.39, 0.29) is 29.3 Å². The van der Waals surface area contributed by atoms with Crippen LogP contribution in [0.15, 0.2) is 0 Å². The number of nitrogens with two attached hydrogens (primary N) is 1. The molecule has 0 radical (unpaired) electrons. The molecule has 0 rings (SSSR count). The van der Waals surface area contributed by atoms with Crippen molar-refractivity contribution in [2.75, 3.05) is 18.6 Å². The molecule has 0 spiro atoms. The molecule has 0 bridgehead atoms. The van der Waals surface area contributed by atoms with Gasteiger partial charge in [-0.2, -0.15) is 0 Å². The van der Waals surface area contributed by atoms with Gasteiger partial charge in [0.25, 0.3) is 0 Å². The van der Waals surface area contributed by atoms with Gasteiger partial charge in [0, 0.05) is 12.8 Å². The summed E-state index contributed by atoms with van der Waals surface area (Å²) < 4.78 is 20.3. The first-order chi connectivity index (χ1) is 3.06. The van der Waals surface area contributed by atoms with E-state index >= 15 is 0 Å². The second-order valence-corrected chi connectivity index (χ2v) is 3.68. The average Bonchev–Trinajstić information content (AvgIpc) is 1.30. The van der Waals surface area contributed by atoms with Crippen LogP contribution >= 0.6 is 17.0 Å². The maximum atomic E-state index is 10.2. The molecule has 8 heavy (non-hydrogen) atoms. The van der Waals surface area contributed by atoms with Crippen LogP contribution in [-0.2, 0) is 9.84 Å². The Morgan fingerprint density at radius 3 is 1.88 bits per heavy atom. The largest absolute Gasteiger partial charge is 0.329 e. The van der Waals surface area contributed by atoms with Gasteiger partial charge in [-0.15, -0.1) is 17.0 Å². The van der Waals surface area contributed by atoms with Gasteiger partial charge in [0.05, 0.1) is 5.75 Å². The quantitative estimate of drug-likeness (QED) is 0.663. The first-order valence-corrected chi connectivity index (χ1v) is 4.00. The fourth-order valence-corrected chi connectivity index (χ4v) is 0.642.